The van der Waals surface area contributed by atoms with E-state index in [1.54, 1.807) is 36.1 Å². The number of benzene rings is 1. The summed E-state index contributed by atoms with van der Waals surface area (Å²) in [7, 11) is 0. The number of nitrogens with one attached hydrogen (secondary N) is 1. The Labute approximate surface area is 178 Å². The molecule has 1 fully saturated rings. The first kappa shape index (κ1) is 20.7. The van der Waals surface area contributed by atoms with Crippen LogP contribution in [0.4, 0.5) is 4.39 Å². The lowest BCUT2D eigenvalue weighted by atomic mass is 9.96. The van der Waals surface area contributed by atoms with Crippen LogP contribution in [0.3, 0.4) is 0 Å². The van der Waals surface area contributed by atoms with Crippen molar-refractivity contribution in [2.45, 2.75) is 19.8 Å². The van der Waals surface area contributed by atoms with Crippen LogP contribution in [0.5, 0.6) is 5.88 Å². The second-order valence-electron chi connectivity index (χ2n) is 7.39. The zero-order valence-electron chi connectivity index (χ0n) is 17.1. The van der Waals surface area contributed by atoms with Gasteiger partial charge in [0.25, 0.3) is 0 Å². The molecule has 3 heterocycles. The van der Waals surface area contributed by atoms with E-state index < -0.39 is 0 Å². The van der Waals surface area contributed by atoms with Crippen molar-refractivity contribution in [2.75, 3.05) is 26.2 Å². The van der Waals surface area contributed by atoms with Crippen LogP contribution >= 0.6 is 0 Å². The molecular formula is C21H23FN6O3. The Hall–Kier alpha value is -3.56. The summed E-state index contributed by atoms with van der Waals surface area (Å²) in [4.78, 5) is 25.5. The molecule has 0 aliphatic carbocycles. The van der Waals surface area contributed by atoms with E-state index in [-0.39, 0.29) is 30.2 Å². The first-order chi connectivity index (χ1) is 15.0. The van der Waals surface area contributed by atoms with Crippen molar-refractivity contribution < 1.29 is 18.7 Å². The SMILES string of the molecule is CC(=O)N1CCC(C(=O)NCCOc2ccc3nnc(-c4ccc(F)cc4)n3n2)CC1. The lowest BCUT2D eigenvalue weighted by Crippen LogP contribution is -2.42. The zero-order chi connectivity index (χ0) is 21.8. The third-order valence-electron chi connectivity index (χ3n) is 5.30. The van der Waals surface area contributed by atoms with E-state index in [4.69, 9.17) is 4.74 Å². The Morgan fingerprint density at radius 3 is 2.58 bits per heavy atom. The number of ether oxygens (including phenoxy) is 1. The highest BCUT2D eigenvalue weighted by Crippen LogP contribution is 2.20. The van der Waals surface area contributed by atoms with Crippen LogP contribution in [-0.2, 0) is 9.59 Å². The molecule has 0 spiro atoms. The monoisotopic (exact) mass is 426 g/mol. The van der Waals surface area contributed by atoms with Crippen molar-refractivity contribution in [3.63, 3.8) is 0 Å². The molecule has 9 nitrogen and oxygen atoms in total. The molecule has 0 radical (unpaired) electrons. The van der Waals surface area contributed by atoms with Crippen molar-refractivity contribution in [1.82, 2.24) is 30.0 Å². The van der Waals surface area contributed by atoms with Gasteiger partial charge in [0.05, 0.1) is 6.54 Å². The molecule has 31 heavy (non-hydrogen) atoms. The van der Waals surface area contributed by atoms with Gasteiger partial charge in [-0.2, -0.15) is 4.52 Å². The molecule has 0 unspecified atom stereocenters. The summed E-state index contributed by atoms with van der Waals surface area (Å²) in [6.07, 6.45) is 1.34. The number of nitrogens with zero attached hydrogens (tertiary/aromatic N) is 5. The van der Waals surface area contributed by atoms with E-state index in [9.17, 15) is 14.0 Å². The molecule has 2 amide bonds. The number of hydrogen-bond donors (Lipinski definition) is 1. The van der Waals surface area contributed by atoms with E-state index in [0.717, 1.165) is 0 Å². The molecule has 1 aromatic carbocycles. The quantitative estimate of drug-likeness (QED) is 0.602. The smallest absolute Gasteiger partial charge is 0.231 e. The fourth-order valence-electron chi connectivity index (χ4n) is 3.56. The van der Waals surface area contributed by atoms with Crippen molar-refractivity contribution in [1.29, 1.82) is 0 Å². The molecule has 0 bridgehead atoms. The topological polar surface area (TPSA) is 102 Å². The molecule has 2 aromatic heterocycles. The molecule has 0 atom stereocenters. The van der Waals surface area contributed by atoms with Crippen molar-refractivity contribution in [2.24, 2.45) is 5.92 Å². The number of aromatic nitrogens is 4. The van der Waals surface area contributed by atoms with Gasteiger partial charge in [-0.25, -0.2) is 4.39 Å². The van der Waals surface area contributed by atoms with Gasteiger partial charge in [0.2, 0.25) is 17.7 Å². The summed E-state index contributed by atoms with van der Waals surface area (Å²) in [5.41, 5.74) is 1.22. The Morgan fingerprint density at radius 1 is 1.13 bits per heavy atom. The van der Waals surface area contributed by atoms with Crippen molar-refractivity contribution in [3.05, 3.63) is 42.2 Å². The molecule has 1 aliphatic rings. The number of rotatable bonds is 6. The van der Waals surface area contributed by atoms with E-state index >= 15 is 0 Å². The van der Waals surface area contributed by atoms with Crippen LogP contribution in [-0.4, -0.2) is 62.8 Å². The highest BCUT2D eigenvalue weighted by atomic mass is 19.1. The second kappa shape index (κ2) is 9.07. The number of piperidine rings is 1. The van der Waals surface area contributed by atoms with Crippen LogP contribution in [0, 0.1) is 11.7 Å². The maximum absolute atomic E-state index is 13.2. The molecule has 162 valence electrons. The Bertz CT molecular complexity index is 1080. The highest BCUT2D eigenvalue weighted by Gasteiger charge is 2.25. The van der Waals surface area contributed by atoms with Gasteiger partial charge >= 0.3 is 0 Å². The van der Waals surface area contributed by atoms with Gasteiger partial charge in [0, 0.05) is 37.6 Å². The number of carbonyl (C=O) groups excluding carboxylic acids is 2. The molecule has 0 saturated carbocycles. The van der Waals surface area contributed by atoms with Crippen LogP contribution in [0.25, 0.3) is 17.0 Å². The van der Waals surface area contributed by atoms with Crippen molar-refractivity contribution >= 4 is 17.5 Å². The standard InChI is InChI=1S/C21H23FN6O3/c1-14(29)27-11-8-16(9-12-27)21(30)23-10-13-31-19-7-6-18-24-25-20(28(18)26-19)15-2-4-17(22)5-3-15/h2-7,16H,8-13H2,1H3,(H,23,30). The number of amides is 2. The van der Waals surface area contributed by atoms with Crippen molar-refractivity contribution in [3.8, 4) is 17.3 Å². The van der Waals surface area contributed by atoms with Gasteiger partial charge in [-0.15, -0.1) is 15.3 Å². The van der Waals surface area contributed by atoms with Gasteiger partial charge < -0.3 is 15.0 Å². The average molecular weight is 426 g/mol. The van der Waals surface area contributed by atoms with E-state index in [0.29, 0.717) is 55.4 Å². The van der Waals surface area contributed by atoms with Gasteiger partial charge in [0.1, 0.15) is 12.4 Å². The number of halogens is 1. The number of likely N-dealkylation sites (tertiary alicyclic amines) is 1. The lowest BCUT2D eigenvalue weighted by molar-refractivity contribution is -0.133. The number of fused-ring (bicyclic) bond motifs is 1. The summed E-state index contributed by atoms with van der Waals surface area (Å²) >= 11 is 0. The van der Waals surface area contributed by atoms with Gasteiger partial charge in [-0.3, -0.25) is 9.59 Å². The van der Waals surface area contributed by atoms with E-state index in [2.05, 4.69) is 20.6 Å². The average Bonchev–Trinajstić information content (AvgIpc) is 3.20. The molecule has 4 rings (SSSR count). The van der Waals surface area contributed by atoms with Gasteiger partial charge in [-0.1, -0.05) is 0 Å². The van der Waals surface area contributed by atoms with Crippen LogP contribution in [0.15, 0.2) is 36.4 Å². The minimum atomic E-state index is -0.332. The fourth-order valence-corrected chi connectivity index (χ4v) is 3.56. The molecule has 3 aromatic rings. The third-order valence-corrected chi connectivity index (χ3v) is 5.30. The highest BCUT2D eigenvalue weighted by molar-refractivity contribution is 5.79. The normalized spacial score (nSPS) is 14.6. The Balaban J connectivity index is 1.30. The Morgan fingerprint density at radius 2 is 1.87 bits per heavy atom. The molecule has 1 saturated heterocycles. The third kappa shape index (κ3) is 4.79. The van der Waals surface area contributed by atoms with E-state index in [1.165, 1.54) is 16.6 Å². The maximum Gasteiger partial charge on any atom is 0.231 e. The molecule has 1 N–H and O–H groups in total. The van der Waals surface area contributed by atoms with Gasteiger partial charge in [-0.05, 0) is 43.2 Å². The largest absolute Gasteiger partial charge is 0.475 e. The predicted octanol–water partition coefficient (Wildman–Crippen LogP) is 1.68. The molecule has 10 heteroatoms. The molecular weight excluding hydrogens is 403 g/mol. The summed E-state index contributed by atoms with van der Waals surface area (Å²) < 4.78 is 20.4. The summed E-state index contributed by atoms with van der Waals surface area (Å²) in [5.74, 6) is 0.451. The van der Waals surface area contributed by atoms with Crippen LogP contribution < -0.4 is 10.1 Å². The Kier molecular flexibility index (Phi) is 6.06. The maximum atomic E-state index is 13.2. The summed E-state index contributed by atoms with van der Waals surface area (Å²) in [6.45, 7) is 3.38. The first-order valence-corrected chi connectivity index (χ1v) is 10.2. The van der Waals surface area contributed by atoms with Crippen LogP contribution in [0.2, 0.25) is 0 Å². The first-order valence-electron chi connectivity index (χ1n) is 10.2. The number of hydrogen-bond acceptors (Lipinski definition) is 6. The number of carbonyl (C=O) groups is 2. The second-order valence-corrected chi connectivity index (χ2v) is 7.39. The van der Waals surface area contributed by atoms with Crippen LogP contribution in [0.1, 0.15) is 19.8 Å². The molecule has 1 aliphatic heterocycles. The summed E-state index contributed by atoms with van der Waals surface area (Å²) in [5, 5.41) is 15.5. The predicted molar refractivity (Wildman–Crippen MR) is 110 cm³/mol. The fraction of sp³-hybridized carbons (Fsp3) is 0.381. The zero-order valence-corrected chi connectivity index (χ0v) is 17.1. The van der Waals surface area contributed by atoms with Gasteiger partial charge in [0.15, 0.2) is 11.5 Å². The lowest BCUT2D eigenvalue weighted by Gasteiger charge is -2.30. The van der Waals surface area contributed by atoms with E-state index in [1.807, 2.05) is 0 Å². The minimum Gasteiger partial charge on any atom is -0.475 e. The summed E-state index contributed by atoms with van der Waals surface area (Å²) in [6, 6.07) is 9.32. The minimum absolute atomic E-state index is 0.0207.